The normalized spacial score (nSPS) is 10.8. The molecule has 0 atom stereocenters. The molecule has 7 nitrogen and oxygen atoms in total. The summed E-state index contributed by atoms with van der Waals surface area (Å²) in [6, 6.07) is 8.81. The molecule has 3 aromatic rings. The summed E-state index contributed by atoms with van der Waals surface area (Å²) >= 11 is 0. The van der Waals surface area contributed by atoms with Gasteiger partial charge >= 0.3 is 0 Å². The van der Waals surface area contributed by atoms with Gasteiger partial charge in [0.25, 0.3) is 5.52 Å². The molecule has 2 N–H and O–H groups in total. The minimum Gasteiger partial charge on any atom is -0.692 e. The molecular weight excluding hydrogens is 262 g/mol. The summed E-state index contributed by atoms with van der Waals surface area (Å²) in [5.74, 6) is 0.202. The van der Waals surface area contributed by atoms with Crippen LogP contribution in [0.15, 0.2) is 36.4 Å². The van der Waals surface area contributed by atoms with Gasteiger partial charge in [-0.15, -0.1) is 4.85 Å². The Morgan fingerprint density at radius 1 is 1.20 bits per heavy atom. The van der Waals surface area contributed by atoms with E-state index >= 15 is 0 Å². The van der Waals surface area contributed by atoms with Crippen molar-refractivity contribution in [1.29, 1.82) is 0 Å². The van der Waals surface area contributed by atoms with Gasteiger partial charge in [0.1, 0.15) is 11.5 Å². The fourth-order valence-electron chi connectivity index (χ4n) is 1.95. The number of fused-ring (bicyclic) bond motifs is 1. The van der Waals surface area contributed by atoms with Gasteiger partial charge in [0.15, 0.2) is 11.4 Å². The van der Waals surface area contributed by atoms with Crippen molar-refractivity contribution in [3.63, 3.8) is 0 Å². The van der Waals surface area contributed by atoms with Crippen LogP contribution in [0.1, 0.15) is 0 Å². The number of phenols is 2. The molecule has 0 aliphatic rings. The number of rotatable bonds is 2. The third kappa shape index (κ3) is 1.76. The molecule has 0 saturated heterocycles. The van der Waals surface area contributed by atoms with E-state index in [2.05, 4.69) is 5.10 Å². The molecule has 0 unspecified atom stereocenters. The molecule has 0 aliphatic carbocycles. The highest BCUT2D eigenvalue weighted by atomic mass is 16.5. The first-order chi connectivity index (χ1) is 9.60. The number of ether oxygens (including phenoxy) is 1. The SMILES string of the molecule is COc1ccc2nn(-c3ccc(O)cc3O)[n+]([O-])c2c1. The monoisotopic (exact) mass is 273 g/mol. The number of methoxy groups -OCH3 is 1. The second-order valence-corrected chi connectivity index (χ2v) is 4.19. The van der Waals surface area contributed by atoms with Gasteiger partial charge in [-0.2, -0.15) is 0 Å². The van der Waals surface area contributed by atoms with Gasteiger partial charge in [0.2, 0.25) is 5.52 Å². The molecule has 1 heterocycles. The van der Waals surface area contributed by atoms with Crippen molar-refractivity contribution in [2.24, 2.45) is 0 Å². The number of hydrogen-bond acceptors (Lipinski definition) is 5. The zero-order chi connectivity index (χ0) is 14.3. The molecule has 3 rings (SSSR count). The van der Waals surface area contributed by atoms with Crippen molar-refractivity contribution in [2.75, 3.05) is 7.11 Å². The van der Waals surface area contributed by atoms with E-state index in [1.165, 1.54) is 19.2 Å². The summed E-state index contributed by atoms with van der Waals surface area (Å²) in [5.41, 5.74) is 0.957. The molecule has 1 aromatic heterocycles. The second-order valence-electron chi connectivity index (χ2n) is 4.19. The Bertz CT molecular complexity index is 798. The Morgan fingerprint density at radius 2 is 2.00 bits per heavy atom. The summed E-state index contributed by atoms with van der Waals surface area (Å²) in [7, 11) is 1.51. The van der Waals surface area contributed by atoms with Crippen molar-refractivity contribution in [2.45, 2.75) is 0 Å². The molecule has 2 aromatic carbocycles. The average Bonchev–Trinajstić information content (AvgIpc) is 2.76. The topological polar surface area (TPSA) is 94.5 Å². The zero-order valence-electron chi connectivity index (χ0n) is 10.5. The molecule has 0 amide bonds. The molecule has 0 radical (unpaired) electrons. The molecule has 0 saturated carbocycles. The molecule has 102 valence electrons. The van der Waals surface area contributed by atoms with Gasteiger partial charge in [-0.1, -0.05) is 0 Å². The van der Waals surface area contributed by atoms with Crippen molar-refractivity contribution in [3.05, 3.63) is 41.6 Å². The summed E-state index contributed by atoms with van der Waals surface area (Å²) in [5, 5.41) is 35.4. The van der Waals surface area contributed by atoms with Crippen LogP contribution >= 0.6 is 0 Å². The fourth-order valence-corrected chi connectivity index (χ4v) is 1.95. The fraction of sp³-hybridized carbons (Fsp3) is 0.0769. The lowest BCUT2D eigenvalue weighted by Crippen LogP contribution is -2.37. The van der Waals surface area contributed by atoms with E-state index < -0.39 is 0 Å². The van der Waals surface area contributed by atoms with E-state index in [9.17, 15) is 15.4 Å². The summed E-state index contributed by atoms with van der Waals surface area (Å²) in [4.78, 5) is 1.56. The molecular formula is C13H11N3O4. The predicted molar refractivity (Wildman–Crippen MR) is 69.9 cm³/mol. The minimum absolute atomic E-state index is 0.0953. The van der Waals surface area contributed by atoms with Gasteiger partial charge in [-0.05, 0) is 23.0 Å². The van der Waals surface area contributed by atoms with E-state index in [-0.39, 0.29) is 17.2 Å². The highest BCUT2D eigenvalue weighted by molar-refractivity contribution is 5.72. The van der Waals surface area contributed by atoms with Gasteiger partial charge in [0.05, 0.1) is 12.2 Å². The first-order valence-electron chi connectivity index (χ1n) is 5.79. The molecule has 0 spiro atoms. The number of nitrogens with zero attached hydrogens (tertiary/aromatic N) is 3. The highest BCUT2D eigenvalue weighted by Crippen LogP contribution is 2.25. The Labute approximate surface area is 113 Å². The Hall–Kier alpha value is -2.96. The largest absolute Gasteiger partial charge is 0.692 e. The van der Waals surface area contributed by atoms with Gasteiger partial charge in [0, 0.05) is 18.2 Å². The van der Waals surface area contributed by atoms with Gasteiger partial charge in [-0.25, -0.2) is 0 Å². The van der Waals surface area contributed by atoms with Crippen LogP contribution in [0.3, 0.4) is 0 Å². The maximum atomic E-state index is 12.2. The van der Waals surface area contributed by atoms with Crippen LogP contribution in [0.2, 0.25) is 0 Å². The maximum absolute atomic E-state index is 12.2. The third-order valence-electron chi connectivity index (χ3n) is 2.94. The lowest BCUT2D eigenvalue weighted by Gasteiger charge is -2.06. The second kappa shape index (κ2) is 4.30. The first-order valence-corrected chi connectivity index (χ1v) is 5.79. The highest BCUT2D eigenvalue weighted by Gasteiger charge is 2.19. The van der Waals surface area contributed by atoms with E-state index in [1.807, 2.05) is 0 Å². The van der Waals surface area contributed by atoms with E-state index in [1.54, 1.807) is 18.2 Å². The maximum Gasteiger partial charge on any atom is 0.250 e. The summed E-state index contributed by atoms with van der Waals surface area (Å²) < 4.78 is 5.06. The first kappa shape index (κ1) is 12.1. The van der Waals surface area contributed by atoms with Crippen molar-refractivity contribution >= 4 is 11.0 Å². The van der Waals surface area contributed by atoms with Gasteiger partial charge in [-0.3, -0.25) is 0 Å². The molecule has 20 heavy (non-hydrogen) atoms. The molecule has 0 aliphatic heterocycles. The number of aromatic nitrogens is 3. The van der Waals surface area contributed by atoms with Crippen LogP contribution in [-0.4, -0.2) is 27.2 Å². The summed E-state index contributed by atoms with van der Waals surface area (Å²) in [6.45, 7) is 0. The molecule has 0 fully saturated rings. The van der Waals surface area contributed by atoms with Crippen molar-refractivity contribution in [1.82, 2.24) is 9.90 Å². The van der Waals surface area contributed by atoms with Crippen LogP contribution in [0.5, 0.6) is 17.2 Å². The van der Waals surface area contributed by atoms with E-state index in [0.29, 0.717) is 21.6 Å². The smallest absolute Gasteiger partial charge is 0.250 e. The lowest BCUT2D eigenvalue weighted by molar-refractivity contribution is -0.664. The van der Waals surface area contributed by atoms with Crippen molar-refractivity contribution in [3.8, 4) is 22.9 Å². The zero-order valence-corrected chi connectivity index (χ0v) is 10.5. The molecule has 7 heteroatoms. The average molecular weight is 273 g/mol. The lowest BCUT2D eigenvalue weighted by atomic mass is 10.3. The standard InChI is InChI=1S/C13H11N3O4/c1-20-9-3-4-10-12(7-9)16(19)15(14-10)11-5-2-8(17)6-13(11)18/h2-7,17-18H,1H3. The number of hydrogen-bond donors (Lipinski definition) is 2. The van der Waals surface area contributed by atoms with Crippen LogP contribution < -0.4 is 9.58 Å². The number of benzene rings is 2. The summed E-state index contributed by atoms with van der Waals surface area (Å²) in [6.07, 6.45) is 0. The number of aromatic hydroxyl groups is 2. The van der Waals surface area contributed by atoms with E-state index in [0.717, 1.165) is 10.9 Å². The number of phenolic OH excluding ortho intramolecular Hbond substituents is 2. The predicted octanol–water partition coefficient (Wildman–Crippen LogP) is 1.08. The third-order valence-corrected chi connectivity index (χ3v) is 2.94. The Balaban J connectivity index is 2.24. The van der Waals surface area contributed by atoms with Crippen LogP contribution in [0.4, 0.5) is 0 Å². The van der Waals surface area contributed by atoms with Gasteiger partial charge < -0.3 is 20.2 Å². The minimum atomic E-state index is -0.241. The van der Waals surface area contributed by atoms with E-state index in [4.69, 9.17) is 4.74 Å². The van der Waals surface area contributed by atoms with Crippen LogP contribution in [-0.2, 0) is 0 Å². The van der Waals surface area contributed by atoms with Crippen molar-refractivity contribution < 1.29 is 19.8 Å². The Kier molecular flexibility index (Phi) is 2.60. The van der Waals surface area contributed by atoms with Crippen LogP contribution in [0.25, 0.3) is 16.7 Å². The quantitative estimate of drug-likeness (QED) is 0.538. The molecule has 0 bridgehead atoms. The Morgan fingerprint density at radius 3 is 2.70 bits per heavy atom. The van der Waals surface area contributed by atoms with Crippen LogP contribution in [0, 0.1) is 5.21 Å².